The third-order valence-corrected chi connectivity index (χ3v) is 12.3. The van der Waals surface area contributed by atoms with Crippen LogP contribution in [0.3, 0.4) is 0 Å². The summed E-state index contributed by atoms with van der Waals surface area (Å²) in [4.78, 5) is 203. The number of aliphatic hydroxyl groups excluding tert-OH is 1. The molecule has 0 spiro atoms. The zero-order valence-corrected chi connectivity index (χ0v) is 47.8. The molecule has 0 fully saturated rings. The van der Waals surface area contributed by atoms with Gasteiger partial charge in [0.1, 0.15) is 60.4 Å². The van der Waals surface area contributed by atoms with Crippen molar-refractivity contribution in [1.29, 1.82) is 0 Å². The fraction of sp³-hybridized carbons (Fsp3) is 0.673. The highest BCUT2D eigenvalue weighted by atomic mass is 16.4. The number of nitrogens with two attached hydrogens (primary N) is 4. The van der Waals surface area contributed by atoms with E-state index in [9.17, 15) is 97.1 Å². The largest absolute Gasteiger partial charge is 0.481 e. The van der Waals surface area contributed by atoms with Gasteiger partial charge in [-0.05, 0) is 71.3 Å². The highest BCUT2D eigenvalue weighted by Crippen LogP contribution is 2.10. The Labute approximate surface area is 482 Å². The Morgan fingerprint density at radius 2 is 0.845 bits per heavy atom. The molecule has 13 amide bonds. The quantitative estimate of drug-likeness (QED) is 0.0253. The SMILES string of the molecule is CC[C@H](C)[C@H](N)C(=O)N[C@@H](CC(N)=O)C(=O)N[C@@H](CO)C(=O)N[C@@H](C)C(=O)N[C@@H](CCCCN)C(=O)N[C@@H](CC(=O)O)C(=O)N[C@@H](CC(=O)O)C(=O)N[C@@H](C)C(=O)N[C@@H](C)C(=O)NCC(=O)N[C@@H](CC(C)C)C(=O)N[C@@H](CCC(N)=O)C(=O)O. The number of carboxylic acids is 3. The second kappa shape index (κ2) is 38.2. The first kappa shape index (κ1) is 75.4. The second-order valence-electron chi connectivity index (χ2n) is 20.1. The van der Waals surface area contributed by atoms with Gasteiger partial charge in [-0.2, -0.15) is 0 Å². The van der Waals surface area contributed by atoms with Gasteiger partial charge < -0.3 is 102 Å². The zero-order valence-electron chi connectivity index (χ0n) is 47.8. The summed E-state index contributed by atoms with van der Waals surface area (Å²) >= 11 is 0. The first-order valence-corrected chi connectivity index (χ1v) is 26.7. The van der Waals surface area contributed by atoms with E-state index in [0.29, 0.717) is 6.42 Å². The monoisotopic (exact) mass is 1200 g/mol. The van der Waals surface area contributed by atoms with Crippen LogP contribution in [0.25, 0.3) is 0 Å². The molecule has 0 unspecified atom stereocenters. The van der Waals surface area contributed by atoms with Gasteiger partial charge >= 0.3 is 17.9 Å². The Balaban J connectivity index is 6.06. The van der Waals surface area contributed by atoms with E-state index in [0.717, 1.165) is 13.8 Å². The number of amides is 13. The molecule has 0 aliphatic carbocycles. The predicted octanol–water partition coefficient (Wildman–Crippen LogP) is -8.27. The molecule has 0 saturated heterocycles. The Hall–Kier alpha value is -8.60. The molecule has 0 rings (SSSR count). The van der Waals surface area contributed by atoms with Gasteiger partial charge in [0.2, 0.25) is 76.8 Å². The van der Waals surface area contributed by atoms with Gasteiger partial charge in [0, 0.05) is 6.42 Å². The lowest BCUT2D eigenvalue weighted by Gasteiger charge is -2.26. The Kier molecular flexibility index (Phi) is 34.3. The zero-order chi connectivity index (χ0) is 64.7. The van der Waals surface area contributed by atoms with Crippen molar-refractivity contribution >= 4 is 94.7 Å². The standard InChI is InChI=1S/C49H83N15O20/c1-8-22(4)38(53)48(82)63-29(16-34(52)67)45(79)64-32(20-65)47(81)57-25(7)41(75)59-26(11-9-10-14-50)42(76)61-31(18-37(71)72)46(80)62-30(17-36(69)70)43(77)56-24(6)40(74)55-23(5)39(73)54-19-35(68)58-28(15-21(2)3)44(78)60-27(49(83)84)12-13-33(51)66/h21-32,38,65H,8-20,50,53H2,1-7H3,(H2,51,66)(H2,52,67)(H,54,73)(H,55,74)(H,56,77)(H,57,81)(H,58,68)(H,59,75)(H,60,78)(H,61,76)(H,62,80)(H,63,82)(H,64,79)(H,69,70)(H,71,72)(H,83,84)/t22-,23-,24-,25-,26-,27-,28-,29-,30-,31-,32-,38-/m0/s1. The lowest BCUT2D eigenvalue weighted by atomic mass is 9.99. The van der Waals surface area contributed by atoms with E-state index in [1.54, 1.807) is 27.7 Å². The summed E-state index contributed by atoms with van der Waals surface area (Å²) in [6.07, 6.45) is -3.05. The van der Waals surface area contributed by atoms with Gasteiger partial charge in [-0.3, -0.25) is 71.9 Å². The minimum Gasteiger partial charge on any atom is -0.481 e. The first-order valence-electron chi connectivity index (χ1n) is 26.7. The number of unbranched alkanes of at least 4 members (excludes halogenated alkanes) is 1. The summed E-state index contributed by atoms with van der Waals surface area (Å²) in [5.74, 6) is -19.2. The van der Waals surface area contributed by atoms with E-state index in [2.05, 4.69) is 53.2 Å². The van der Waals surface area contributed by atoms with Crippen LogP contribution in [0.1, 0.15) is 113 Å². The fourth-order valence-electron chi connectivity index (χ4n) is 7.28. The van der Waals surface area contributed by atoms with Crippen molar-refractivity contribution < 1.29 is 97.1 Å². The smallest absolute Gasteiger partial charge is 0.326 e. The Bertz CT molecular complexity index is 2380. The van der Waals surface area contributed by atoms with Crippen LogP contribution >= 0.6 is 0 Å². The molecule has 0 aromatic rings. The third-order valence-electron chi connectivity index (χ3n) is 12.3. The summed E-state index contributed by atoms with van der Waals surface area (Å²) in [6.45, 7) is 8.51. The van der Waals surface area contributed by atoms with Crippen LogP contribution in [0.5, 0.6) is 0 Å². The van der Waals surface area contributed by atoms with E-state index in [4.69, 9.17) is 22.9 Å². The molecule has 35 nitrogen and oxygen atoms in total. The van der Waals surface area contributed by atoms with E-state index >= 15 is 0 Å². The number of hydrogen-bond acceptors (Lipinski definition) is 19. The van der Waals surface area contributed by atoms with Gasteiger partial charge in [-0.15, -0.1) is 0 Å². The molecular formula is C49H83N15O20. The summed E-state index contributed by atoms with van der Waals surface area (Å²) in [6, 6.07) is -17.6. The Morgan fingerprint density at radius 3 is 1.30 bits per heavy atom. The highest BCUT2D eigenvalue weighted by Gasteiger charge is 2.36. The average molecular weight is 1200 g/mol. The normalized spacial score (nSPS) is 15.2. The number of aliphatic carboxylic acids is 3. The van der Waals surface area contributed by atoms with Crippen LogP contribution < -0.4 is 81.4 Å². The number of nitrogens with one attached hydrogen (secondary N) is 11. The summed E-state index contributed by atoms with van der Waals surface area (Å²) in [5, 5.41) is 63.1. The molecule has 0 aromatic carbocycles. The number of primary amides is 2. The molecule has 23 N–H and O–H groups in total. The van der Waals surface area contributed by atoms with Crippen LogP contribution in [0, 0.1) is 11.8 Å². The van der Waals surface area contributed by atoms with Crippen molar-refractivity contribution in [2.45, 2.75) is 179 Å². The highest BCUT2D eigenvalue weighted by molar-refractivity contribution is 6.00. The van der Waals surface area contributed by atoms with Crippen LogP contribution in [0.2, 0.25) is 0 Å². The van der Waals surface area contributed by atoms with E-state index in [1.165, 1.54) is 6.92 Å². The minimum atomic E-state index is -2.07. The summed E-state index contributed by atoms with van der Waals surface area (Å²) in [7, 11) is 0. The molecule has 35 heteroatoms. The molecule has 0 aliphatic heterocycles. The number of carboxylic acid groups (broad SMARTS) is 3. The van der Waals surface area contributed by atoms with E-state index in [-0.39, 0.29) is 56.9 Å². The van der Waals surface area contributed by atoms with Crippen molar-refractivity contribution in [2.75, 3.05) is 19.7 Å². The average Bonchev–Trinajstić information content (AvgIpc) is 3.55. The maximum absolute atomic E-state index is 13.7. The maximum atomic E-state index is 13.7. The first-order chi connectivity index (χ1) is 39.1. The summed E-state index contributed by atoms with van der Waals surface area (Å²) in [5.41, 5.74) is 21.9. The van der Waals surface area contributed by atoms with Crippen molar-refractivity contribution in [1.82, 2.24) is 58.5 Å². The van der Waals surface area contributed by atoms with Crippen LogP contribution in [0.15, 0.2) is 0 Å². The number of carbonyl (C=O) groups excluding carboxylic acids is 13. The molecule has 12 atom stereocenters. The number of aliphatic hydroxyl groups is 1. The van der Waals surface area contributed by atoms with Crippen LogP contribution in [-0.2, 0) is 76.7 Å². The second-order valence-corrected chi connectivity index (χ2v) is 20.1. The number of rotatable bonds is 41. The van der Waals surface area contributed by atoms with Crippen molar-refractivity contribution in [3.05, 3.63) is 0 Å². The lowest BCUT2D eigenvalue weighted by molar-refractivity contribution is -0.143. The molecule has 0 aromatic heterocycles. The maximum Gasteiger partial charge on any atom is 0.326 e. The number of carbonyl (C=O) groups is 16. The lowest BCUT2D eigenvalue weighted by Crippen LogP contribution is -2.60. The van der Waals surface area contributed by atoms with Crippen LogP contribution in [0.4, 0.5) is 0 Å². The third kappa shape index (κ3) is 29.4. The molecule has 0 bridgehead atoms. The van der Waals surface area contributed by atoms with E-state index in [1.807, 2.05) is 5.32 Å². The molecule has 84 heavy (non-hydrogen) atoms. The van der Waals surface area contributed by atoms with Crippen molar-refractivity contribution in [2.24, 2.45) is 34.8 Å². The van der Waals surface area contributed by atoms with Gasteiger partial charge in [-0.25, -0.2) is 4.79 Å². The topological polar surface area (TPSA) is 590 Å². The van der Waals surface area contributed by atoms with E-state index < -0.39 is 194 Å². The van der Waals surface area contributed by atoms with Gasteiger partial charge in [0.25, 0.3) is 0 Å². The summed E-state index contributed by atoms with van der Waals surface area (Å²) < 4.78 is 0. The number of hydrogen-bond donors (Lipinski definition) is 19. The molecular weight excluding hydrogens is 1120 g/mol. The van der Waals surface area contributed by atoms with Gasteiger partial charge in [0.05, 0.1) is 38.5 Å². The molecule has 0 heterocycles. The molecule has 0 radical (unpaired) electrons. The van der Waals surface area contributed by atoms with Gasteiger partial charge in [-0.1, -0.05) is 34.1 Å². The minimum absolute atomic E-state index is 0.0254. The molecule has 474 valence electrons. The van der Waals surface area contributed by atoms with Gasteiger partial charge in [0.15, 0.2) is 0 Å². The predicted molar refractivity (Wildman–Crippen MR) is 291 cm³/mol. The van der Waals surface area contributed by atoms with Crippen molar-refractivity contribution in [3.8, 4) is 0 Å². The molecule has 0 saturated carbocycles. The van der Waals surface area contributed by atoms with Crippen LogP contribution in [-0.4, -0.2) is 201 Å². The Morgan fingerprint density at radius 1 is 0.440 bits per heavy atom. The van der Waals surface area contributed by atoms with Crippen molar-refractivity contribution in [3.63, 3.8) is 0 Å². The fourth-order valence-corrected chi connectivity index (χ4v) is 7.28. The molecule has 0 aliphatic rings.